The number of hydrogen-bond donors (Lipinski definition) is 3. The van der Waals surface area contributed by atoms with Gasteiger partial charge in [-0.1, -0.05) is 49.9 Å². The summed E-state index contributed by atoms with van der Waals surface area (Å²) < 4.78 is 5.89. The highest BCUT2D eigenvalue weighted by Gasteiger charge is 2.13. The third kappa shape index (κ3) is 6.29. The molecule has 0 saturated carbocycles. The van der Waals surface area contributed by atoms with Gasteiger partial charge < -0.3 is 24.9 Å². The van der Waals surface area contributed by atoms with Gasteiger partial charge in [-0.3, -0.25) is 0 Å². The Morgan fingerprint density at radius 2 is 1.66 bits per heavy atom. The molecule has 0 fully saturated rings. The van der Waals surface area contributed by atoms with Gasteiger partial charge in [-0.15, -0.1) is 0 Å². The molecule has 3 N–H and O–H groups in total. The molecule has 0 aromatic heterocycles. The lowest BCUT2D eigenvalue weighted by molar-refractivity contribution is -0.107. The fourth-order valence-electron chi connectivity index (χ4n) is 3.29. The summed E-state index contributed by atoms with van der Waals surface area (Å²) in [6.45, 7) is 2.60. The second kappa shape index (κ2) is 11.6. The van der Waals surface area contributed by atoms with Crippen molar-refractivity contribution >= 4 is 17.9 Å². The molecule has 0 aliphatic rings. The third-order valence-corrected chi connectivity index (χ3v) is 5.32. The first-order valence-electron chi connectivity index (χ1n) is 10.1. The van der Waals surface area contributed by atoms with E-state index in [1.165, 1.54) is 6.07 Å². The molecule has 0 atom stereocenters. The number of aryl methyl sites for hydroxylation is 1. The molecule has 0 saturated heterocycles. The zero-order chi connectivity index (χ0) is 21.2. The first kappa shape index (κ1) is 22.9. The molecular weight excluding hydrogens is 392 g/mol. The minimum atomic E-state index is -0.261. The van der Waals surface area contributed by atoms with E-state index in [1.54, 1.807) is 12.1 Å². The third-order valence-electron chi connectivity index (χ3n) is 4.90. The van der Waals surface area contributed by atoms with Crippen molar-refractivity contribution in [3.63, 3.8) is 0 Å². The van der Waals surface area contributed by atoms with Gasteiger partial charge in [0.05, 0.1) is 11.6 Å². The average Bonchev–Trinajstić information content (AvgIpc) is 2.71. The number of aromatic hydroxyl groups is 3. The van der Waals surface area contributed by atoms with Crippen molar-refractivity contribution < 1.29 is 24.9 Å². The number of halogens is 1. The highest BCUT2D eigenvalue weighted by Crippen LogP contribution is 2.36. The number of benzene rings is 2. The highest BCUT2D eigenvalue weighted by molar-refractivity contribution is 6.33. The van der Waals surface area contributed by atoms with E-state index >= 15 is 0 Å². The Hall–Kier alpha value is -2.40. The van der Waals surface area contributed by atoms with Crippen LogP contribution in [0.5, 0.6) is 23.0 Å². The minimum absolute atomic E-state index is 0.172. The molecule has 0 bridgehead atoms. The molecule has 0 heterocycles. The summed E-state index contributed by atoms with van der Waals surface area (Å²) in [5.74, 6) is 0.391. The zero-order valence-corrected chi connectivity index (χ0v) is 17.5. The van der Waals surface area contributed by atoms with Gasteiger partial charge in [0.1, 0.15) is 17.8 Å². The second-order valence-electron chi connectivity index (χ2n) is 7.09. The molecule has 29 heavy (non-hydrogen) atoms. The molecule has 2 rings (SSSR count). The number of phenols is 3. The number of carbonyl (C=O) groups is 1. The van der Waals surface area contributed by atoms with Crippen LogP contribution in [0.15, 0.2) is 24.3 Å². The highest BCUT2D eigenvalue weighted by atomic mass is 35.5. The van der Waals surface area contributed by atoms with Gasteiger partial charge >= 0.3 is 0 Å². The van der Waals surface area contributed by atoms with Gasteiger partial charge in [-0.2, -0.15) is 0 Å². The largest absolute Gasteiger partial charge is 0.507 e. The van der Waals surface area contributed by atoms with Crippen LogP contribution in [0.25, 0.3) is 0 Å². The van der Waals surface area contributed by atoms with Crippen LogP contribution in [-0.2, 0) is 24.1 Å². The van der Waals surface area contributed by atoms with Crippen LogP contribution < -0.4 is 4.74 Å². The normalized spacial score (nSPS) is 10.8. The van der Waals surface area contributed by atoms with Crippen molar-refractivity contribution in [2.24, 2.45) is 0 Å². The van der Waals surface area contributed by atoms with E-state index in [0.717, 1.165) is 55.9 Å². The average molecular weight is 421 g/mol. The standard InChI is InChI=1S/C23H29ClO5/c1-2-7-18-20(12-10-17(13-14-25)22(18)27)29-15-6-4-3-5-8-16-9-11-19(26)23(28)21(16)24/h9-12,14,26-28H,2-8,13,15H2,1H3. The van der Waals surface area contributed by atoms with Crippen molar-refractivity contribution in [3.8, 4) is 23.0 Å². The maximum atomic E-state index is 10.7. The molecule has 6 heteroatoms. The lowest BCUT2D eigenvalue weighted by Crippen LogP contribution is -2.02. The van der Waals surface area contributed by atoms with Crippen LogP contribution in [0.3, 0.4) is 0 Å². The van der Waals surface area contributed by atoms with Crippen LogP contribution in [0.2, 0.25) is 5.02 Å². The number of aldehydes is 1. The lowest BCUT2D eigenvalue weighted by Gasteiger charge is -2.15. The maximum absolute atomic E-state index is 10.7. The van der Waals surface area contributed by atoms with Crippen LogP contribution >= 0.6 is 11.6 Å². The Morgan fingerprint density at radius 1 is 0.931 bits per heavy atom. The number of ether oxygens (including phenoxy) is 1. The molecule has 0 aliphatic carbocycles. The van der Waals surface area contributed by atoms with Crippen LogP contribution in [0.1, 0.15) is 55.7 Å². The summed E-state index contributed by atoms with van der Waals surface area (Å²) in [4.78, 5) is 10.7. The van der Waals surface area contributed by atoms with E-state index in [9.17, 15) is 20.1 Å². The van der Waals surface area contributed by atoms with Crippen LogP contribution in [0.4, 0.5) is 0 Å². The zero-order valence-electron chi connectivity index (χ0n) is 16.8. The number of phenolic OH excluding ortho intramolecular Hbond substituents is 3. The lowest BCUT2D eigenvalue weighted by atomic mass is 10.0. The predicted molar refractivity (Wildman–Crippen MR) is 114 cm³/mol. The molecule has 5 nitrogen and oxygen atoms in total. The quantitative estimate of drug-likeness (QED) is 0.245. The van der Waals surface area contributed by atoms with E-state index in [2.05, 4.69) is 0 Å². The Bertz CT molecular complexity index is 819. The molecular formula is C23H29ClO5. The molecule has 2 aromatic carbocycles. The minimum Gasteiger partial charge on any atom is -0.507 e. The van der Waals surface area contributed by atoms with Gasteiger partial charge in [-0.05, 0) is 43.4 Å². The Morgan fingerprint density at radius 3 is 2.38 bits per heavy atom. The molecule has 0 unspecified atom stereocenters. The van der Waals surface area contributed by atoms with Crippen molar-refractivity contribution in [3.05, 3.63) is 46.0 Å². The number of rotatable bonds is 12. The summed E-state index contributed by atoms with van der Waals surface area (Å²) in [6.07, 6.45) is 7.09. The van der Waals surface area contributed by atoms with Gasteiger partial charge in [0.2, 0.25) is 0 Å². The van der Waals surface area contributed by atoms with Crippen molar-refractivity contribution in [2.45, 2.75) is 58.3 Å². The van der Waals surface area contributed by atoms with Crippen molar-refractivity contribution in [1.29, 1.82) is 0 Å². The number of carbonyl (C=O) groups excluding carboxylic acids is 1. The van der Waals surface area contributed by atoms with Crippen LogP contribution in [0, 0.1) is 0 Å². The first-order chi connectivity index (χ1) is 14.0. The molecule has 0 radical (unpaired) electrons. The van der Waals surface area contributed by atoms with E-state index in [1.807, 2.05) is 13.0 Å². The fraction of sp³-hybridized carbons (Fsp3) is 0.435. The number of unbranched alkanes of at least 4 members (excludes halogenated alkanes) is 3. The molecule has 0 amide bonds. The van der Waals surface area contributed by atoms with Gasteiger partial charge in [-0.25, -0.2) is 0 Å². The van der Waals surface area contributed by atoms with Crippen LogP contribution in [-0.4, -0.2) is 28.2 Å². The molecule has 0 spiro atoms. The van der Waals surface area contributed by atoms with Crippen molar-refractivity contribution in [2.75, 3.05) is 6.61 Å². The predicted octanol–water partition coefficient (Wildman–Crippen LogP) is 5.33. The summed E-state index contributed by atoms with van der Waals surface area (Å²) in [5, 5.41) is 29.7. The Kier molecular flexibility index (Phi) is 9.13. The number of hydrogen-bond acceptors (Lipinski definition) is 5. The molecule has 158 valence electrons. The molecule has 2 aromatic rings. The molecule has 0 aliphatic heterocycles. The summed E-state index contributed by atoms with van der Waals surface area (Å²) in [6, 6.07) is 6.77. The SMILES string of the molecule is CCCc1c(OCCCCCCc2ccc(O)c(O)c2Cl)ccc(CC=O)c1O. The van der Waals surface area contributed by atoms with E-state index in [0.29, 0.717) is 24.3 Å². The second-order valence-corrected chi connectivity index (χ2v) is 7.47. The van der Waals surface area contributed by atoms with Crippen molar-refractivity contribution in [1.82, 2.24) is 0 Å². The summed E-state index contributed by atoms with van der Waals surface area (Å²) in [5.41, 5.74) is 2.23. The van der Waals surface area contributed by atoms with Gasteiger partial charge in [0.15, 0.2) is 11.5 Å². The van der Waals surface area contributed by atoms with Gasteiger partial charge in [0.25, 0.3) is 0 Å². The smallest absolute Gasteiger partial charge is 0.176 e. The maximum Gasteiger partial charge on any atom is 0.176 e. The first-order valence-corrected chi connectivity index (χ1v) is 10.5. The Balaban J connectivity index is 1.77. The monoisotopic (exact) mass is 420 g/mol. The topological polar surface area (TPSA) is 87.0 Å². The van der Waals surface area contributed by atoms with E-state index in [-0.39, 0.29) is 28.7 Å². The van der Waals surface area contributed by atoms with E-state index < -0.39 is 0 Å². The van der Waals surface area contributed by atoms with Gasteiger partial charge in [0, 0.05) is 17.5 Å². The Labute approximate surface area is 176 Å². The summed E-state index contributed by atoms with van der Waals surface area (Å²) >= 11 is 6.04. The fourth-order valence-corrected chi connectivity index (χ4v) is 3.54. The summed E-state index contributed by atoms with van der Waals surface area (Å²) in [7, 11) is 0. The van der Waals surface area contributed by atoms with E-state index in [4.69, 9.17) is 16.3 Å².